The first-order chi connectivity index (χ1) is 12.1. The third-order valence-corrected chi connectivity index (χ3v) is 6.45. The highest BCUT2D eigenvalue weighted by atomic mass is 35.5. The molecule has 2 saturated heterocycles. The lowest BCUT2D eigenvalue weighted by atomic mass is 9.62. The SMILES string of the molecule is COC1(c2ccnc(C(N)=O)c2)[C@@H]2CCC[C@H]1CN(C1CCOC1)C2.Cl. The van der Waals surface area contributed by atoms with Crippen molar-refractivity contribution in [3.8, 4) is 0 Å². The molecule has 2 bridgehead atoms. The van der Waals surface area contributed by atoms with Crippen molar-refractivity contribution in [3.05, 3.63) is 29.6 Å². The smallest absolute Gasteiger partial charge is 0.267 e. The van der Waals surface area contributed by atoms with Crippen LogP contribution in [0.25, 0.3) is 0 Å². The highest BCUT2D eigenvalue weighted by molar-refractivity contribution is 5.90. The second kappa shape index (κ2) is 7.80. The largest absolute Gasteiger partial charge is 0.380 e. The van der Waals surface area contributed by atoms with Crippen LogP contribution in [0.1, 0.15) is 41.7 Å². The third kappa shape index (κ3) is 3.13. The summed E-state index contributed by atoms with van der Waals surface area (Å²) in [6.07, 6.45) is 6.33. The molecule has 144 valence electrons. The van der Waals surface area contributed by atoms with Crippen LogP contribution in [0.2, 0.25) is 0 Å². The minimum absolute atomic E-state index is 0. The zero-order valence-electron chi connectivity index (χ0n) is 15.2. The Bertz CT molecular complexity index is 637. The highest BCUT2D eigenvalue weighted by Crippen LogP contribution is 2.52. The molecule has 6 nitrogen and oxygen atoms in total. The average Bonchev–Trinajstić information content (AvgIpc) is 3.15. The third-order valence-electron chi connectivity index (χ3n) is 6.45. The zero-order valence-corrected chi connectivity index (χ0v) is 16.0. The number of likely N-dealkylation sites (tertiary alicyclic amines) is 1. The molecule has 3 heterocycles. The number of aromatic nitrogens is 1. The molecular weight excluding hydrogens is 354 g/mol. The molecule has 3 fully saturated rings. The molecule has 0 spiro atoms. The number of fused-ring (bicyclic) bond motifs is 2. The van der Waals surface area contributed by atoms with Crippen molar-refractivity contribution < 1.29 is 14.3 Å². The minimum atomic E-state index is -0.487. The van der Waals surface area contributed by atoms with Gasteiger partial charge in [-0.15, -0.1) is 12.4 Å². The van der Waals surface area contributed by atoms with E-state index in [1.54, 1.807) is 6.20 Å². The summed E-state index contributed by atoms with van der Waals surface area (Å²) in [5.74, 6) is 0.334. The van der Waals surface area contributed by atoms with Gasteiger partial charge in [-0.2, -0.15) is 0 Å². The molecule has 4 rings (SSSR count). The maximum absolute atomic E-state index is 11.6. The first-order valence-corrected chi connectivity index (χ1v) is 9.28. The molecule has 2 N–H and O–H groups in total. The summed E-state index contributed by atoms with van der Waals surface area (Å²) in [5.41, 5.74) is 6.48. The van der Waals surface area contributed by atoms with E-state index in [2.05, 4.69) is 9.88 Å². The van der Waals surface area contributed by atoms with Crippen molar-refractivity contribution in [2.24, 2.45) is 17.6 Å². The number of piperidine rings is 1. The van der Waals surface area contributed by atoms with Crippen molar-refractivity contribution in [2.45, 2.75) is 37.3 Å². The molecule has 3 aliphatic rings. The summed E-state index contributed by atoms with van der Waals surface area (Å²) in [6, 6.07) is 4.37. The maximum atomic E-state index is 11.6. The van der Waals surface area contributed by atoms with Crippen molar-refractivity contribution in [3.63, 3.8) is 0 Å². The van der Waals surface area contributed by atoms with E-state index in [1.165, 1.54) is 6.42 Å². The molecule has 1 saturated carbocycles. The van der Waals surface area contributed by atoms with Crippen molar-refractivity contribution in [2.75, 3.05) is 33.4 Å². The lowest BCUT2D eigenvalue weighted by Crippen LogP contribution is -2.61. The number of rotatable bonds is 4. The first kappa shape index (κ1) is 19.5. The summed E-state index contributed by atoms with van der Waals surface area (Å²) in [7, 11) is 1.81. The number of carbonyl (C=O) groups is 1. The molecule has 26 heavy (non-hydrogen) atoms. The fraction of sp³-hybridized carbons (Fsp3) is 0.684. The number of carbonyl (C=O) groups excluding carboxylic acids is 1. The van der Waals surface area contributed by atoms with Gasteiger partial charge >= 0.3 is 0 Å². The van der Waals surface area contributed by atoms with Gasteiger partial charge in [0.2, 0.25) is 0 Å². The molecule has 0 radical (unpaired) electrons. The topological polar surface area (TPSA) is 77.7 Å². The molecule has 7 heteroatoms. The Balaban J connectivity index is 0.00000196. The van der Waals surface area contributed by atoms with Gasteiger partial charge in [0, 0.05) is 50.9 Å². The van der Waals surface area contributed by atoms with E-state index in [0.717, 1.165) is 51.1 Å². The van der Waals surface area contributed by atoms with Crippen LogP contribution in [0, 0.1) is 11.8 Å². The fourth-order valence-electron chi connectivity index (χ4n) is 5.31. The van der Waals surface area contributed by atoms with Gasteiger partial charge in [-0.05, 0) is 37.0 Å². The summed E-state index contributed by atoms with van der Waals surface area (Å²) >= 11 is 0. The Morgan fingerprint density at radius 2 is 2.08 bits per heavy atom. The number of primary amides is 1. The van der Waals surface area contributed by atoms with Crippen LogP contribution >= 0.6 is 12.4 Å². The van der Waals surface area contributed by atoms with Gasteiger partial charge in [-0.25, -0.2) is 0 Å². The molecular formula is C19H28ClN3O3. The Labute approximate surface area is 160 Å². The summed E-state index contributed by atoms with van der Waals surface area (Å²) in [6.45, 7) is 3.76. The normalized spacial score (nSPS) is 34.3. The van der Waals surface area contributed by atoms with Gasteiger partial charge in [-0.3, -0.25) is 14.7 Å². The van der Waals surface area contributed by atoms with Crippen LogP contribution in [0.4, 0.5) is 0 Å². The number of hydrogen-bond donors (Lipinski definition) is 1. The second-order valence-corrected chi connectivity index (χ2v) is 7.59. The van der Waals surface area contributed by atoms with Crippen LogP contribution < -0.4 is 5.73 Å². The monoisotopic (exact) mass is 381 g/mol. The van der Waals surface area contributed by atoms with E-state index in [4.69, 9.17) is 15.2 Å². The molecule has 0 aromatic carbocycles. The minimum Gasteiger partial charge on any atom is -0.380 e. The number of halogens is 1. The standard InChI is InChI=1S/C19H27N3O3.ClH/c1-24-19(13-5-7-21-17(9-13)18(20)23)14-3-2-4-15(19)11-22(10-14)16-6-8-25-12-16;/h5,7,9,14-16H,2-4,6,8,10-12H2,1H3,(H2,20,23);1H/t14-,15+,16?,19?;. The molecule has 2 unspecified atom stereocenters. The van der Waals surface area contributed by atoms with E-state index >= 15 is 0 Å². The average molecular weight is 382 g/mol. The number of amides is 1. The van der Waals surface area contributed by atoms with E-state index in [9.17, 15) is 4.79 Å². The lowest BCUT2D eigenvalue weighted by Gasteiger charge is -2.56. The molecule has 2 aliphatic heterocycles. The van der Waals surface area contributed by atoms with Gasteiger partial charge < -0.3 is 15.2 Å². The summed E-state index contributed by atoms with van der Waals surface area (Å²) in [5, 5.41) is 0. The number of nitrogens with zero attached hydrogens (tertiary/aromatic N) is 2. The predicted octanol–water partition coefficient (Wildman–Crippen LogP) is 1.96. The van der Waals surface area contributed by atoms with Crippen molar-refractivity contribution in [1.29, 1.82) is 0 Å². The number of methoxy groups -OCH3 is 1. The Kier molecular flexibility index (Phi) is 5.87. The van der Waals surface area contributed by atoms with E-state index in [0.29, 0.717) is 23.6 Å². The second-order valence-electron chi connectivity index (χ2n) is 7.59. The number of pyridine rings is 1. The van der Waals surface area contributed by atoms with Crippen LogP contribution in [0.15, 0.2) is 18.3 Å². The van der Waals surface area contributed by atoms with Crippen molar-refractivity contribution in [1.82, 2.24) is 9.88 Å². The van der Waals surface area contributed by atoms with E-state index in [1.807, 2.05) is 19.2 Å². The first-order valence-electron chi connectivity index (χ1n) is 9.28. The molecule has 1 amide bonds. The summed E-state index contributed by atoms with van der Waals surface area (Å²) in [4.78, 5) is 18.3. The quantitative estimate of drug-likeness (QED) is 0.862. The van der Waals surface area contributed by atoms with Gasteiger partial charge in [0.05, 0.1) is 6.61 Å². The zero-order chi connectivity index (χ0) is 17.4. The van der Waals surface area contributed by atoms with Crippen LogP contribution in [0.5, 0.6) is 0 Å². The maximum Gasteiger partial charge on any atom is 0.267 e. The van der Waals surface area contributed by atoms with Crippen molar-refractivity contribution >= 4 is 18.3 Å². The number of hydrogen-bond acceptors (Lipinski definition) is 5. The van der Waals surface area contributed by atoms with E-state index in [-0.39, 0.29) is 18.0 Å². The molecule has 4 atom stereocenters. The van der Waals surface area contributed by atoms with Crippen LogP contribution in [-0.4, -0.2) is 55.2 Å². The van der Waals surface area contributed by atoms with Crippen LogP contribution in [0.3, 0.4) is 0 Å². The Hall–Kier alpha value is -1.21. The van der Waals surface area contributed by atoms with Gasteiger partial charge in [-0.1, -0.05) is 6.42 Å². The highest BCUT2D eigenvalue weighted by Gasteiger charge is 2.54. The van der Waals surface area contributed by atoms with E-state index < -0.39 is 5.91 Å². The van der Waals surface area contributed by atoms with Gasteiger partial charge in [0.25, 0.3) is 5.91 Å². The predicted molar refractivity (Wildman–Crippen MR) is 100 cm³/mol. The lowest BCUT2D eigenvalue weighted by molar-refractivity contribution is -0.174. The number of ether oxygens (including phenoxy) is 2. The molecule has 1 aromatic heterocycles. The Morgan fingerprint density at radius 3 is 2.65 bits per heavy atom. The number of nitrogens with two attached hydrogens (primary N) is 1. The van der Waals surface area contributed by atoms with Gasteiger partial charge in [0.15, 0.2) is 0 Å². The Morgan fingerprint density at radius 1 is 1.35 bits per heavy atom. The molecule has 1 aliphatic carbocycles. The van der Waals surface area contributed by atoms with Crippen LogP contribution in [-0.2, 0) is 15.1 Å². The fourth-order valence-corrected chi connectivity index (χ4v) is 5.31. The van der Waals surface area contributed by atoms with Gasteiger partial charge in [0.1, 0.15) is 11.3 Å². The molecule has 1 aromatic rings. The summed E-state index contributed by atoms with van der Waals surface area (Å²) < 4.78 is 11.8.